The summed E-state index contributed by atoms with van der Waals surface area (Å²) in [7, 11) is 1.66. The Bertz CT molecular complexity index is 479. The molecule has 0 heterocycles. The highest BCUT2D eigenvalue weighted by molar-refractivity contribution is 5.74. The zero-order chi connectivity index (χ0) is 16.7. The molecular formula is C19H30N2O2. The Hall–Kier alpha value is -1.71. The van der Waals surface area contributed by atoms with Gasteiger partial charge in [0.2, 0.25) is 0 Å². The third kappa shape index (κ3) is 5.77. The molecule has 1 aliphatic rings. The number of methoxy groups -OCH3 is 1. The van der Waals surface area contributed by atoms with Crippen molar-refractivity contribution in [3.05, 3.63) is 29.8 Å². The number of benzene rings is 1. The zero-order valence-corrected chi connectivity index (χ0v) is 14.6. The van der Waals surface area contributed by atoms with Crippen molar-refractivity contribution in [3.63, 3.8) is 0 Å². The van der Waals surface area contributed by atoms with Crippen LogP contribution in [0.5, 0.6) is 5.75 Å². The van der Waals surface area contributed by atoms with Crippen molar-refractivity contribution < 1.29 is 9.53 Å². The smallest absolute Gasteiger partial charge is 0.315 e. The molecule has 4 nitrogen and oxygen atoms in total. The third-order valence-electron chi connectivity index (χ3n) is 4.47. The van der Waals surface area contributed by atoms with Gasteiger partial charge < -0.3 is 15.4 Å². The molecule has 1 aromatic rings. The van der Waals surface area contributed by atoms with E-state index in [9.17, 15) is 4.79 Å². The van der Waals surface area contributed by atoms with Gasteiger partial charge in [-0.15, -0.1) is 0 Å². The van der Waals surface area contributed by atoms with Crippen molar-refractivity contribution in [2.75, 3.05) is 7.11 Å². The van der Waals surface area contributed by atoms with Crippen LogP contribution in [-0.4, -0.2) is 19.2 Å². The number of carbonyl (C=O) groups excluding carboxylic acids is 1. The van der Waals surface area contributed by atoms with E-state index in [1.165, 1.54) is 19.3 Å². The summed E-state index contributed by atoms with van der Waals surface area (Å²) in [5, 5.41) is 6.30. The van der Waals surface area contributed by atoms with Crippen LogP contribution in [-0.2, 0) is 0 Å². The van der Waals surface area contributed by atoms with Crippen molar-refractivity contribution in [2.24, 2.45) is 5.92 Å². The van der Waals surface area contributed by atoms with Crippen molar-refractivity contribution in [1.29, 1.82) is 0 Å². The molecule has 0 bridgehead atoms. The lowest BCUT2D eigenvalue weighted by molar-refractivity contribution is 0.227. The molecule has 2 N–H and O–H groups in total. The average Bonchev–Trinajstić information content (AvgIpc) is 2.55. The summed E-state index contributed by atoms with van der Waals surface area (Å²) in [4.78, 5) is 12.4. The number of urea groups is 1. The molecule has 23 heavy (non-hydrogen) atoms. The van der Waals surface area contributed by atoms with Gasteiger partial charge in [0, 0.05) is 6.04 Å². The van der Waals surface area contributed by atoms with E-state index in [-0.39, 0.29) is 12.1 Å². The molecule has 0 aliphatic heterocycles. The Labute approximate surface area is 140 Å². The van der Waals surface area contributed by atoms with Crippen LogP contribution in [0.4, 0.5) is 4.79 Å². The van der Waals surface area contributed by atoms with Gasteiger partial charge in [-0.2, -0.15) is 0 Å². The maximum atomic E-state index is 12.4. The first-order valence-electron chi connectivity index (χ1n) is 8.79. The Balaban J connectivity index is 1.97. The highest BCUT2D eigenvalue weighted by atomic mass is 16.5. The molecule has 0 radical (unpaired) electrons. The van der Waals surface area contributed by atoms with Crippen LogP contribution in [0.1, 0.15) is 64.0 Å². The standard InChI is InChI=1S/C19H30N2O2/c1-14(2)13-18(15-9-11-17(23-3)12-10-15)21-19(22)20-16-7-5-4-6-8-16/h9-12,14,16,18H,4-8,13H2,1-3H3,(H2,20,21,22)/t18-/m1/s1. The molecule has 0 saturated heterocycles. The van der Waals surface area contributed by atoms with Crippen molar-refractivity contribution >= 4 is 6.03 Å². The molecule has 1 atom stereocenters. The second-order valence-electron chi connectivity index (χ2n) is 6.91. The van der Waals surface area contributed by atoms with E-state index in [1.807, 2.05) is 24.3 Å². The fourth-order valence-electron chi connectivity index (χ4n) is 3.22. The van der Waals surface area contributed by atoms with Crippen molar-refractivity contribution in [1.82, 2.24) is 10.6 Å². The largest absolute Gasteiger partial charge is 0.497 e. The van der Waals surface area contributed by atoms with Crippen LogP contribution in [0.25, 0.3) is 0 Å². The van der Waals surface area contributed by atoms with Crippen LogP contribution < -0.4 is 15.4 Å². The molecule has 1 aliphatic carbocycles. The van der Waals surface area contributed by atoms with Crippen LogP contribution >= 0.6 is 0 Å². The Morgan fingerprint density at radius 3 is 2.39 bits per heavy atom. The van der Waals surface area contributed by atoms with E-state index in [1.54, 1.807) is 7.11 Å². The van der Waals surface area contributed by atoms with Gasteiger partial charge in [0.1, 0.15) is 5.75 Å². The minimum atomic E-state index is -0.0432. The molecule has 4 heteroatoms. The second kappa shape index (κ2) is 8.80. The minimum Gasteiger partial charge on any atom is -0.497 e. The summed E-state index contributed by atoms with van der Waals surface area (Å²) in [5.74, 6) is 1.35. The lowest BCUT2D eigenvalue weighted by Gasteiger charge is -2.26. The molecule has 0 unspecified atom stereocenters. The number of amides is 2. The first-order chi connectivity index (χ1) is 11.1. The van der Waals surface area contributed by atoms with Gasteiger partial charge in [-0.05, 0) is 42.9 Å². The van der Waals surface area contributed by atoms with Crippen LogP contribution in [0.2, 0.25) is 0 Å². The topological polar surface area (TPSA) is 50.4 Å². The number of carbonyl (C=O) groups is 1. The van der Waals surface area contributed by atoms with Crippen molar-refractivity contribution in [3.8, 4) is 5.75 Å². The third-order valence-corrected chi connectivity index (χ3v) is 4.47. The normalized spacial score (nSPS) is 16.9. The molecule has 0 aromatic heterocycles. The predicted molar refractivity (Wildman–Crippen MR) is 93.7 cm³/mol. The van der Waals surface area contributed by atoms with E-state index in [0.29, 0.717) is 12.0 Å². The quantitative estimate of drug-likeness (QED) is 0.816. The summed E-state index contributed by atoms with van der Waals surface area (Å²) >= 11 is 0. The van der Waals surface area contributed by atoms with Crippen molar-refractivity contribution in [2.45, 2.75) is 64.5 Å². The number of hydrogen-bond donors (Lipinski definition) is 2. The molecule has 0 spiro atoms. The number of rotatable bonds is 6. The minimum absolute atomic E-state index is 0.0319. The lowest BCUT2D eigenvalue weighted by Crippen LogP contribution is -2.44. The second-order valence-corrected chi connectivity index (χ2v) is 6.91. The Morgan fingerprint density at radius 2 is 1.83 bits per heavy atom. The first kappa shape index (κ1) is 17.6. The van der Waals surface area contributed by atoms with Gasteiger partial charge in [-0.1, -0.05) is 45.2 Å². The molecule has 2 rings (SSSR count). The molecular weight excluding hydrogens is 288 g/mol. The molecule has 2 amide bonds. The number of hydrogen-bond acceptors (Lipinski definition) is 2. The van der Waals surface area contributed by atoms with E-state index < -0.39 is 0 Å². The van der Waals surface area contributed by atoms with Gasteiger partial charge in [-0.25, -0.2) is 4.79 Å². The predicted octanol–water partition coefficient (Wildman–Crippen LogP) is 4.41. The van der Waals surface area contributed by atoms with Crippen LogP contribution in [0, 0.1) is 5.92 Å². The SMILES string of the molecule is COc1ccc([C@@H](CC(C)C)NC(=O)NC2CCCCC2)cc1. The Morgan fingerprint density at radius 1 is 1.17 bits per heavy atom. The summed E-state index contributed by atoms with van der Waals surface area (Å²) < 4.78 is 5.21. The maximum absolute atomic E-state index is 12.4. The van der Waals surface area contributed by atoms with E-state index in [4.69, 9.17) is 4.74 Å². The maximum Gasteiger partial charge on any atom is 0.315 e. The fraction of sp³-hybridized carbons (Fsp3) is 0.632. The summed E-state index contributed by atoms with van der Waals surface area (Å²) in [5.41, 5.74) is 1.12. The average molecular weight is 318 g/mol. The molecule has 1 aromatic carbocycles. The Kier molecular flexibility index (Phi) is 6.75. The van der Waals surface area contributed by atoms with E-state index >= 15 is 0 Å². The lowest BCUT2D eigenvalue weighted by atomic mass is 9.95. The van der Waals surface area contributed by atoms with Gasteiger partial charge in [-0.3, -0.25) is 0 Å². The van der Waals surface area contributed by atoms with Gasteiger partial charge in [0.15, 0.2) is 0 Å². The fourth-order valence-corrected chi connectivity index (χ4v) is 3.22. The van der Waals surface area contributed by atoms with E-state index in [0.717, 1.165) is 30.6 Å². The zero-order valence-electron chi connectivity index (χ0n) is 14.6. The summed E-state index contributed by atoms with van der Waals surface area (Å²) in [6, 6.07) is 8.29. The van der Waals surface area contributed by atoms with Gasteiger partial charge in [0.05, 0.1) is 13.2 Å². The van der Waals surface area contributed by atoms with Crippen LogP contribution in [0.15, 0.2) is 24.3 Å². The van der Waals surface area contributed by atoms with Crippen LogP contribution in [0.3, 0.4) is 0 Å². The summed E-state index contributed by atoms with van der Waals surface area (Å²) in [6.45, 7) is 4.36. The highest BCUT2D eigenvalue weighted by Crippen LogP contribution is 2.24. The number of ether oxygens (including phenoxy) is 1. The monoisotopic (exact) mass is 318 g/mol. The first-order valence-corrected chi connectivity index (χ1v) is 8.79. The number of nitrogens with one attached hydrogen (secondary N) is 2. The van der Waals surface area contributed by atoms with Gasteiger partial charge >= 0.3 is 6.03 Å². The molecule has 128 valence electrons. The van der Waals surface area contributed by atoms with E-state index in [2.05, 4.69) is 24.5 Å². The van der Waals surface area contributed by atoms with Gasteiger partial charge in [0.25, 0.3) is 0 Å². The molecule has 1 saturated carbocycles. The summed E-state index contributed by atoms with van der Waals surface area (Å²) in [6.07, 6.45) is 6.86. The molecule has 1 fully saturated rings. The highest BCUT2D eigenvalue weighted by Gasteiger charge is 2.19.